The Labute approximate surface area is 63.8 Å². The van der Waals surface area contributed by atoms with Crippen LogP contribution in [0.2, 0.25) is 0 Å². The first-order valence-electron chi connectivity index (χ1n) is 2.80. The molecule has 1 aromatic heterocycles. The number of hydrogen-bond acceptors (Lipinski definition) is 1. The van der Waals surface area contributed by atoms with Gasteiger partial charge in [0.05, 0.1) is 5.44 Å². The van der Waals surface area contributed by atoms with Crippen molar-refractivity contribution in [3.8, 4) is 0 Å². The van der Waals surface area contributed by atoms with Crippen LogP contribution in [-0.2, 0) is 6.18 Å². The van der Waals surface area contributed by atoms with Gasteiger partial charge in [0.2, 0.25) is 0 Å². The van der Waals surface area contributed by atoms with E-state index in [-0.39, 0.29) is 0 Å². The second-order valence-electron chi connectivity index (χ2n) is 1.95. The zero-order valence-electron chi connectivity index (χ0n) is 5.39. The summed E-state index contributed by atoms with van der Waals surface area (Å²) in [4.78, 5) is 3.28. The van der Waals surface area contributed by atoms with Crippen LogP contribution < -0.4 is 5.44 Å². The fraction of sp³-hybridized carbons (Fsp3) is 0.167. The Kier molecular flexibility index (Phi) is 2.14. The summed E-state index contributed by atoms with van der Waals surface area (Å²) in [6, 6.07) is 3.74. The van der Waals surface area contributed by atoms with Gasteiger partial charge in [-0.2, -0.15) is 13.2 Å². The van der Waals surface area contributed by atoms with E-state index in [1.54, 1.807) is 0 Å². The van der Waals surface area contributed by atoms with Crippen molar-refractivity contribution in [3.05, 3.63) is 23.9 Å². The Morgan fingerprint density at radius 1 is 1.27 bits per heavy atom. The summed E-state index contributed by atoms with van der Waals surface area (Å²) in [5, 5.41) is 0. The molecule has 11 heavy (non-hydrogen) atoms. The third-order valence-electron chi connectivity index (χ3n) is 1.06. The first-order chi connectivity index (χ1) is 5.00. The standard InChI is InChI=1S/C6H5F3NP/c7-6(8,9)4-2-1-3-5(11)10-4/h1-3H,11H2. The first-order valence-corrected chi connectivity index (χ1v) is 3.37. The topological polar surface area (TPSA) is 12.9 Å². The second kappa shape index (κ2) is 2.78. The molecule has 0 radical (unpaired) electrons. The molecule has 60 valence electrons. The summed E-state index contributed by atoms with van der Waals surface area (Å²) in [7, 11) is 2.11. The van der Waals surface area contributed by atoms with Crippen molar-refractivity contribution in [3.63, 3.8) is 0 Å². The largest absolute Gasteiger partial charge is 0.433 e. The molecule has 1 unspecified atom stereocenters. The average Bonchev–Trinajstić information content (AvgIpc) is 1.86. The summed E-state index contributed by atoms with van der Waals surface area (Å²) >= 11 is 0. The van der Waals surface area contributed by atoms with E-state index in [2.05, 4.69) is 14.2 Å². The minimum Gasteiger partial charge on any atom is -0.244 e. The molecule has 1 aromatic rings. The van der Waals surface area contributed by atoms with Gasteiger partial charge in [-0.05, 0) is 12.1 Å². The van der Waals surface area contributed by atoms with Crippen LogP contribution >= 0.6 is 9.24 Å². The summed E-state index contributed by atoms with van der Waals surface area (Å²) in [5.41, 5.74) is -0.565. The van der Waals surface area contributed by atoms with Crippen LogP contribution in [0.3, 0.4) is 0 Å². The lowest BCUT2D eigenvalue weighted by Crippen LogP contribution is -2.12. The second-order valence-corrected chi connectivity index (χ2v) is 2.54. The van der Waals surface area contributed by atoms with Crippen LogP contribution in [0.1, 0.15) is 5.69 Å². The van der Waals surface area contributed by atoms with E-state index in [1.807, 2.05) is 0 Å². The molecule has 1 heterocycles. The summed E-state index contributed by atoms with van der Waals surface area (Å²) in [6.45, 7) is 0. The number of alkyl halides is 3. The third-order valence-corrected chi connectivity index (χ3v) is 1.38. The molecule has 0 saturated heterocycles. The van der Waals surface area contributed by atoms with Gasteiger partial charge in [0.1, 0.15) is 5.69 Å². The molecule has 0 N–H and O–H groups in total. The van der Waals surface area contributed by atoms with Crippen molar-refractivity contribution >= 4 is 14.7 Å². The first kappa shape index (κ1) is 8.47. The summed E-state index contributed by atoms with van der Waals surface area (Å²) in [6.07, 6.45) is -4.34. The maximum absolute atomic E-state index is 11.9. The van der Waals surface area contributed by atoms with E-state index in [0.29, 0.717) is 5.44 Å². The van der Waals surface area contributed by atoms with Crippen LogP contribution in [-0.4, -0.2) is 4.98 Å². The Hall–Kier alpha value is -0.630. The Morgan fingerprint density at radius 3 is 2.27 bits per heavy atom. The van der Waals surface area contributed by atoms with Gasteiger partial charge >= 0.3 is 6.18 Å². The van der Waals surface area contributed by atoms with Crippen LogP contribution in [0, 0.1) is 0 Å². The van der Waals surface area contributed by atoms with E-state index < -0.39 is 11.9 Å². The maximum Gasteiger partial charge on any atom is 0.433 e. The van der Waals surface area contributed by atoms with Gasteiger partial charge in [0, 0.05) is 0 Å². The highest BCUT2D eigenvalue weighted by atomic mass is 31.0. The smallest absolute Gasteiger partial charge is 0.244 e. The molecule has 0 fully saturated rings. The lowest BCUT2D eigenvalue weighted by molar-refractivity contribution is -0.141. The normalized spacial score (nSPS) is 11.6. The molecule has 1 atom stereocenters. The predicted molar refractivity (Wildman–Crippen MR) is 38.6 cm³/mol. The molecule has 5 heteroatoms. The zero-order valence-corrected chi connectivity index (χ0v) is 6.55. The molecule has 0 aliphatic heterocycles. The molecule has 0 saturated carbocycles. The maximum atomic E-state index is 11.9. The number of hydrogen-bond donors (Lipinski definition) is 0. The number of halogens is 3. The van der Waals surface area contributed by atoms with Crippen molar-refractivity contribution in [2.24, 2.45) is 0 Å². The molecule has 1 rings (SSSR count). The lowest BCUT2D eigenvalue weighted by atomic mass is 10.3. The molecular weight excluding hydrogens is 174 g/mol. The molecule has 0 amide bonds. The summed E-state index contributed by atoms with van der Waals surface area (Å²) in [5.74, 6) is 0. The van der Waals surface area contributed by atoms with Gasteiger partial charge in [-0.1, -0.05) is 15.3 Å². The van der Waals surface area contributed by atoms with Gasteiger partial charge in [-0.3, -0.25) is 0 Å². The average molecular weight is 179 g/mol. The molecule has 0 bridgehead atoms. The van der Waals surface area contributed by atoms with E-state index in [1.165, 1.54) is 12.1 Å². The Balaban J connectivity index is 3.06. The quantitative estimate of drug-likeness (QED) is 0.551. The lowest BCUT2D eigenvalue weighted by Gasteiger charge is -2.04. The van der Waals surface area contributed by atoms with Gasteiger partial charge < -0.3 is 0 Å². The van der Waals surface area contributed by atoms with E-state index in [4.69, 9.17) is 0 Å². The predicted octanol–water partition coefficient (Wildman–Crippen LogP) is 1.60. The number of aromatic nitrogens is 1. The number of pyridine rings is 1. The Morgan fingerprint density at radius 2 is 1.91 bits per heavy atom. The molecule has 0 aliphatic rings. The van der Waals surface area contributed by atoms with Gasteiger partial charge in [-0.25, -0.2) is 4.98 Å². The Bertz CT molecular complexity index is 258. The molecule has 0 aromatic carbocycles. The van der Waals surface area contributed by atoms with E-state index in [9.17, 15) is 13.2 Å². The van der Waals surface area contributed by atoms with Gasteiger partial charge in [-0.15, -0.1) is 0 Å². The van der Waals surface area contributed by atoms with Crippen LogP contribution in [0.5, 0.6) is 0 Å². The molecule has 0 spiro atoms. The molecular formula is C6H5F3NP. The van der Waals surface area contributed by atoms with Crippen molar-refractivity contribution in [2.75, 3.05) is 0 Å². The highest BCUT2D eigenvalue weighted by molar-refractivity contribution is 7.26. The molecule has 1 nitrogen and oxygen atoms in total. The van der Waals surface area contributed by atoms with Crippen molar-refractivity contribution in [1.29, 1.82) is 0 Å². The monoisotopic (exact) mass is 179 g/mol. The third kappa shape index (κ3) is 2.15. The minimum absolute atomic E-state index is 0.292. The summed E-state index contributed by atoms with van der Waals surface area (Å²) < 4.78 is 35.7. The SMILES string of the molecule is FC(F)(F)c1cccc(P)n1. The van der Waals surface area contributed by atoms with E-state index in [0.717, 1.165) is 6.07 Å². The van der Waals surface area contributed by atoms with Gasteiger partial charge in [0.25, 0.3) is 0 Å². The molecule has 0 aliphatic carbocycles. The fourth-order valence-corrected chi connectivity index (χ4v) is 0.860. The van der Waals surface area contributed by atoms with E-state index >= 15 is 0 Å². The minimum atomic E-state index is -4.34. The number of rotatable bonds is 0. The fourth-order valence-electron chi connectivity index (χ4n) is 0.609. The van der Waals surface area contributed by atoms with Crippen molar-refractivity contribution < 1.29 is 13.2 Å². The zero-order chi connectivity index (χ0) is 8.48. The van der Waals surface area contributed by atoms with Gasteiger partial charge in [0.15, 0.2) is 0 Å². The van der Waals surface area contributed by atoms with Crippen molar-refractivity contribution in [2.45, 2.75) is 6.18 Å². The van der Waals surface area contributed by atoms with Crippen LogP contribution in [0.4, 0.5) is 13.2 Å². The number of nitrogens with zero attached hydrogens (tertiary/aromatic N) is 1. The van der Waals surface area contributed by atoms with Crippen LogP contribution in [0.25, 0.3) is 0 Å². The highest BCUT2D eigenvalue weighted by Crippen LogP contribution is 2.26. The van der Waals surface area contributed by atoms with Crippen molar-refractivity contribution in [1.82, 2.24) is 4.98 Å². The van der Waals surface area contributed by atoms with Crippen LogP contribution in [0.15, 0.2) is 18.2 Å². The highest BCUT2D eigenvalue weighted by Gasteiger charge is 2.31.